The molecular weight excluding hydrogens is 454 g/mol. The number of hydrogen-bond donors (Lipinski definition) is 6. The first-order valence-electron chi connectivity index (χ1n) is 9.33. The van der Waals surface area contributed by atoms with E-state index in [1.54, 1.807) is 12.1 Å². The zero-order valence-corrected chi connectivity index (χ0v) is 18.0. The van der Waals surface area contributed by atoms with Crippen LogP contribution in [0.3, 0.4) is 0 Å². The molecule has 2 heterocycles. The predicted molar refractivity (Wildman–Crippen MR) is 122 cm³/mol. The van der Waals surface area contributed by atoms with E-state index in [-0.39, 0.29) is 55.6 Å². The van der Waals surface area contributed by atoms with Crippen LogP contribution in [0.15, 0.2) is 35.3 Å². The van der Waals surface area contributed by atoms with Gasteiger partial charge in [0.25, 0.3) is 11.5 Å². The molecule has 174 valence electrons. The molecular formula is C19H21N7O6S. The van der Waals surface area contributed by atoms with Crippen LogP contribution < -0.4 is 21.9 Å². The van der Waals surface area contributed by atoms with E-state index in [4.69, 9.17) is 15.9 Å². The van der Waals surface area contributed by atoms with Crippen molar-refractivity contribution in [1.82, 2.24) is 25.3 Å². The third kappa shape index (κ3) is 6.64. The number of amides is 1. The number of rotatable bonds is 9. The molecule has 1 atom stereocenters. The molecule has 0 aliphatic rings. The molecule has 0 radical (unpaired) electrons. The van der Waals surface area contributed by atoms with Gasteiger partial charge in [0.05, 0.1) is 18.4 Å². The number of benzene rings is 1. The van der Waals surface area contributed by atoms with E-state index in [1.165, 1.54) is 18.3 Å². The highest BCUT2D eigenvalue weighted by molar-refractivity contribution is 7.59. The minimum absolute atomic E-state index is 0. The molecule has 33 heavy (non-hydrogen) atoms. The second-order valence-corrected chi connectivity index (χ2v) is 6.71. The first-order valence-corrected chi connectivity index (χ1v) is 9.33. The summed E-state index contributed by atoms with van der Waals surface area (Å²) in [6.45, 7) is 0.231. The van der Waals surface area contributed by atoms with Gasteiger partial charge < -0.3 is 26.6 Å². The largest absolute Gasteiger partial charge is 0.481 e. The number of carbonyl (C=O) groups is 3. The fourth-order valence-corrected chi connectivity index (χ4v) is 2.75. The number of carboxylic acids is 2. The molecule has 1 amide bonds. The minimum atomic E-state index is -1.31. The SMILES string of the molecule is Nc1nc2ncc(CNc3ccc(C(=O)NC(CCC(=O)O)C(=O)O)cc3)nc2c(=O)[nH]1.S. The zero-order chi connectivity index (χ0) is 23.3. The fourth-order valence-electron chi connectivity index (χ4n) is 2.75. The van der Waals surface area contributed by atoms with E-state index in [0.717, 1.165) is 0 Å². The summed E-state index contributed by atoms with van der Waals surface area (Å²) in [4.78, 5) is 60.6. The number of nitrogen functional groups attached to an aromatic ring is 1. The number of nitrogens with zero attached hydrogens (tertiary/aromatic N) is 3. The Morgan fingerprint density at radius 1 is 1.12 bits per heavy atom. The Bertz CT molecular complexity index is 1230. The average molecular weight is 475 g/mol. The van der Waals surface area contributed by atoms with Crippen molar-refractivity contribution in [3.63, 3.8) is 0 Å². The summed E-state index contributed by atoms with van der Waals surface area (Å²) in [7, 11) is 0. The zero-order valence-electron chi connectivity index (χ0n) is 17.0. The number of carbonyl (C=O) groups excluding carboxylic acids is 1. The van der Waals surface area contributed by atoms with E-state index >= 15 is 0 Å². The highest BCUT2D eigenvalue weighted by atomic mass is 32.1. The highest BCUT2D eigenvalue weighted by Crippen LogP contribution is 2.12. The van der Waals surface area contributed by atoms with Gasteiger partial charge in [-0.05, 0) is 30.7 Å². The molecule has 0 fully saturated rings. The maximum Gasteiger partial charge on any atom is 0.326 e. The second kappa shape index (κ2) is 10.9. The molecule has 7 N–H and O–H groups in total. The van der Waals surface area contributed by atoms with Gasteiger partial charge in [-0.3, -0.25) is 19.4 Å². The molecule has 0 spiro atoms. The molecule has 14 heteroatoms. The van der Waals surface area contributed by atoms with Gasteiger partial charge >= 0.3 is 11.9 Å². The van der Waals surface area contributed by atoms with Crippen LogP contribution in [0.2, 0.25) is 0 Å². The molecule has 0 saturated carbocycles. The summed E-state index contributed by atoms with van der Waals surface area (Å²) in [6, 6.07) is 4.86. The topological polar surface area (TPSA) is 213 Å². The van der Waals surface area contributed by atoms with E-state index in [9.17, 15) is 19.2 Å². The number of nitrogens with two attached hydrogens (primary N) is 1. The lowest BCUT2D eigenvalue weighted by Gasteiger charge is -2.14. The van der Waals surface area contributed by atoms with Crippen molar-refractivity contribution < 1.29 is 24.6 Å². The molecule has 0 aliphatic heterocycles. The van der Waals surface area contributed by atoms with Crippen LogP contribution in [0.4, 0.5) is 11.6 Å². The minimum Gasteiger partial charge on any atom is -0.481 e. The number of H-pyrrole nitrogens is 1. The van der Waals surface area contributed by atoms with Crippen LogP contribution in [0.25, 0.3) is 11.2 Å². The lowest BCUT2D eigenvalue weighted by molar-refractivity contribution is -0.140. The number of carboxylic acid groups (broad SMARTS) is 2. The number of hydrogen-bond acceptors (Lipinski definition) is 9. The molecule has 13 nitrogen and oxygen atoms in total. The van der Waals surface area contributed by atoms with Crippen LogP contribution >= 0.6 is 13.5 Å². The summed E-state index contributed by atoms with van der Waals surface area (Å²) in [5.41, 5.74) is 6.47. The summed E-state index contributed by atoms with van der Waals surface area (Å²) in [6.07, 6.45) is 0.840. The van der Waals surface area contributed by atoms with Crippen LogP contribution in [-0.2, 0) is 16.1 Å². The lowest BCUT2D eigenvalue weighted by Crippen LogP contribution is -2.41. The van der Waals surface area contributed by atoms with Crippen molar-refractivity contribution in [2.24, 2.45) is 0 Å². The van der Waals surface area contributed by atoms with Crippen LogP contribution in [0.1, 0.15) is 28.9 Å². The molecule has 3 rings (SSSR count). The van der Waals surface area contributed by atoms with Crippen molar-refractivity contribution in [1.29, 1.82) is 0 Å². The van der Waals surface area contributed by atoms with Gasteiger partial charge in [0.2, 0.25) is 5.95 Å². The predicted octanol–water partition coefficient (Wildman–Crippen LogP) is 0.0680. The Balaban J connectivity index is 0.00000385. The smallest absolute Gasteiger partial charge is 0.326 e. The Labute approximate surface area is 192 Å². The van der Waals surface area contributed by atoms with Gasteiger partial charge in [0.1, 0.15) is 6.04 Å². The van der Waals surface area contributed by atoms with Crippen LogP contribution in [0.5, 0.6) is 0 Å². The third-order valence-electron chi connectivity index (χ3n) is 4.36. The van der Waals surface area contributed by atoms with Gasteiger partial charge in [-0.15, -0.1) is 0 Å². The van der Waals surface area contributed by atoms with Gasteiger partial charge in [-0.2, -0.15) is 18.5 Å². The number of nitrogens with one attached hydrogen (secondary N) is 3. The van der Waals surface area contributed by atoms with Crippen LogP contribution in [-0.4, -0.2) is 54.0 Å². The molecule has 3 aromatic rings. The van der Waals surface area contributed by atoms with Gasteiger partial charge in [-0.1, -0.05) is 0 Å². The summed E-state index contributed by atoms with van der Waals surface area (Å²) in [5.74, 6) is -3.16. The summed E-state index contributed by atoms with van der Waals surface area (Å²) >= 11 is 0. The fraction of sp³-hybridized carbons (Fsp3) is 0.211. The second-order valence-electron chi connectivity index (χ2n) is 6.71. The molecule has 1 aromatic carbocycles. The van der Waals surface area contributed by atoms with Crippen molar-refractivity contribution in [2.75, 3.05) is 11.1 Å². The number of aromatic nitrogens is 4. The Morgan fingerprint density at radius 3 is 2.45 bits per heavy atom. The van der Waals surface area contributed by atoms with E-state index < -0.39 is 29.4 Å². The number of aliphatic carboxylic acids is 2. The number of aromatic amines is 1. The number of anilines is 2. The first-order chi connectivity index (χ1) is 15.2. The molecule has 1 unspecified atom stereocenters. The van der Waals surface area contributed by atoms with E-state index in [0.29, 0.717) is 11.4 Å². The van der Waals surface area contributed by atoms with E-state index in [2.05, 4.69) is 30.6 Å². The number of fused-ring (bicyclic) bond motifs is 1. The normalized spacial score (nSPS) is 11.3. The Kier molecular flexibility index (Phi) is 8.28. The first kappa shape index (κ1) is 25.1. The van der Waals surface area contributed by atoms with Crippen LogP contribution in [0, 0.1) is 0 Å². The maximum absolute atomic E-state index is 12.3. The van der Waals surface area contributed by atoms with Gasteiger partial charge in [0, 0.05) is 17.7 Å². The Morgan fingerprint density at radius 2 is 1.82 bits per heavy atom. The lowest BCUT2D eigenvalue weighted by atomic mass is 10.1. The standard InChI is InChI=1S/C19H19N7O6.H2S/c20-19-25-15-14(17(30)26-19)23-11(8-22-15)7-21-10-3-1-9(2-4-10)16(29)24-12(18(31)32)5-6-13(27)28;/h1-4,8,12,21H,5-7H2,(H,24,29)(H,27,28)(H,31,32)(H3,20,22,25,26,30);1H2. The average Bonchev–Trinajstić information content (AvgIpc) is 2.75. The molecule has 0 saturated heterocycles. The highest BCUT2D eigenvalue weighted by Gasteiger charge is 2.21. The van der Waals surface area contributed by atoms with Crippen molar-refractivity contribution >= 4 is 54.1 Å². The van der Waals surface area contributed by atoms with E-state index in [1.807, 2.05) is 0 Å². The summed E-state index contributed by atoms with van der Waals surface area (Å²) < 4.78 is 0. The van der Waals surface area contributed by atoms with Gasteiger partial charge in [0.15, 0.2) is 11.2 Å². The quantitative estimate of drug-likeness (QED) is 0.243. The molecule has 2 aromatic heterocycles. The van der Waals surface area contributed by atoms with Crippen molar-refractivity contribution in [3.8, 4) is 0 Å². The van der Waals surface area contributed by atoms with Crippen molar-refractivity contribution in [3.05, 3.63) is 52.1 Å². The monoisotopic (exact) mass is 475 g/mol. The summed E-state index contributed by atoms with van der Waals surface area (Å²) in [5, 5.41) is 23.2. The molecule has 0 bridgehead atoms. The van der Waals surface area contributed by atoms with Crippen molar-refractivity contribution in [2.45, 2.75) is 25.4 Å². The maximum atomic E-state index is 12.3. The third-order valence-corrected chi connectivity index (χ3v) is 4.36. The molecule has 0 aliphatic carbocycles. The van der Waals surface area contributed by atoms with Gasteiger partial charge in [-0.25, -0.2) is 14.8 Å². The Hall–Kier alpha value is -4.20.